The Labute approximate surface area is 169 Å². The van der Waals surface area contributed by atoms with Crippen LogP contribution in [0.25, 0.3) is 0 Å². The molecule has 2 amide bonds. The summed E-state index contributed by atoms with van der Waals surface area (Å²) in [4.78, 5) is 24.4. The summed E-state index contributed by atoms with van der Waals surface area (Å²) in [6, 6.07) is 10.6. The lowest BCUT2D eigenvalue weighted by Crippen LogP contribution is -2.42. The van der Waals surface area contributed by atoms with Crippen molar-refractivity contribution in [3.63, 3.8) is 0 Å². The highest BCUT2D eigenvalue weighted by molar-refractivity contribution is 7.89. The number of carbonyl (C=O) groups is 2. The third-order valence-corrected chi connectivity index (χ3v) is 5.81. The van der Waals surface area contributed by atoms with Crippen LogP contribution in [-0.2, 0) is 21.2 Å². The lowest BCUT2D eigenvalue weighted by Gasteiger charge is -2.13. The van der Waals surface area contributed by atoms with Gasteiger partial charge in [-0.15, -0.1) is 0 Å². The number of benzene rings is 2. The summed E-state index contributed by atoms with van der Waals surface area (Å²) in [5.41, 5.74) is 5.34. The molecular formula is C19H23N3O6S. The SMILES string of the molecule is COc1ccc(CC(=O)NNC(=O)c2cccc(S(=O)(=O)N(C)C)c2)cc1OC. The summed E-state index contributed by atoms with van der Waals surface area (Å²) < 4.78 is 35.7. The van der Waals surface area contributed by atoms with Crippen molar-refractivity contribution in [3.8, 4) is 11.5 Å². The number of carbonyl (C=O) groups excluding carboxylic acids is 2. The Bertz CT molecular complexity index is 1000. The van der Waals surface area contributed by atoms with E-state index in [1.54, 1.807) is 18.2 Å². The standard InChI is InChI=1S/C19H23N3O6S/c1-22(2)29(25,26)15-7-5-6-14(12-15)19(24)21-20-18(23)11-13-8-9-16(27-3)17(10-13)28-4/h5-10,12H,11H2,1-4H3,(H,20,23)(H,21,24). The Kier molecular flexibility index (Phi) is 7.18. The third-order valence-electron chi connectivity index (χ3n) is 4.00. The molecule has 0 fully saturated rings. The molecule has 0 aliphatic carbocycles. The summed E-state index contributed by atoms with van der Waals surface area (Å²) in [6.45, 7) is 0. The van der Waals surface area contributed by atoms with E-state index in [0.29, 0.717) is 17.1 Å². The molecule has 2 rings (SSSR count). The van der Waals surface area contributed by atoms with Crippen LogP contribution in [0.5, 0.6) is 11.5 Å². The molecule has 0 aliphatic heterocycles. The summed E-state index contributed by atoms with van der Waals surface area (Å²) >= 11 is 0. The number of hydrogen-bond donors (Lipinski definition) is 2. The highest BCUT2D eigenvalue weighted by atomic mass is 32.2. The number of methoxy groups -OCH3 is 2. The van der Waals surface area contributed by atoms with Gasteiger partial charge in [-0.05, 0) is 35.9 Å². The van der Waals surface area contributed by atoms with Gasteiger partial charge in [0.15, 0.2) is 11.5 Å². The molecule has 10 heteroatoms. The Morgan fingerprint density at radius 2 is 1.66 bits per heavy atom. The molecule has 0 heterocycles. The number of nitrogens with one attached hydrogen (secondary N) is 2. The largest absolute Gasteiger partial charge is 0.493 e. The van der Waals surface area contributed by atoms with Crippen molar-refractivity contribution in [2.45, 2.75) is 11.3 Å². The molecule has 156 valence electrons. The van der Waals surface area contributed by atoms with Crippen molar-refractivity contribution in [1.29, 1.82) is 0 Å². The van der Waals surface area contributed by atoms with E-state index >= 15 is 0 Å². The maximum Gasteiger partial charge on any atom is 0.269 e. The van der Waals surface area contributed by atoms with E-state index in [-0.39, 0.29) is 16.9 Å². The van der Waals surface area contributed by atoms with Crippen LogP contribution in [0.3, 0.4) is 0 Å². The second-order valence-corrected chi connectivity index (χ2v) is 8.34. The van der Waals surface area contributed by atoms with Crippen LogP contribution in [0.4, 0.5) is 0 Å². The first-order valence-electron chi connectivity index (χ1n) is 8.51. The first-order valence-corrected chi connectivity index (χ1v) is 9.95. The van der Waals surface area contributed by atoms with Crippen molar-refractivity contribution in [1.82, 2.24) is 15.2 Å². The monoisotopic (exact) mass is 421 g/mol. The zero-order chi connectivity index (χ0) is 21.6. The fourth-order valence-electron chi connectivity index (χ4n) is 2.43. The maximum absolute atomic E-state index is 12.3. The highest BCUT2D eigenvalue weighted by Gasteiger charge is 2.19. The quantitative estimate of drug-likeness (QED) is 0.644. The molecule has 9 nitrogen and oxygen atoms in total. The van der Waals surface area contributed by atoms with Crippen molar-refractivity contribution in [2.75, 3.05) is 28.3 Å². The van der Waals surface area contributed by atoms with Gasteiger partial charge < -0.3 is 9.47 Å². The van der Waals surface area contributed by atoms with Crippen LogP contribution in [0.15, 0.2) is 47.4 Å². The van der Waals surface area contributed by atoms with Crippen molar-refractivity contribution in [3.05, 3.63) is 53.6 Å². The van der Waals surface area contributed by atoms with Crippen molar-refractivity contribution in [2.24, 2.45) is 0 Å². The van der Waals surface area contributed by atoms with Crippen molar-refractivity contribution < 1.29 is 27.5 Å². The molecular weight excluding hydrogens is 398 g/mol. The van der Waals surface area contributed by atoms with Gasteiger partial charge in [-0.2, -0.15) is 0 Å². The molecule has 0 saturated heterocycles. The third kappa shape index (κ3) is 5.46. The molecule has 0 aromatic heterocycles. The number of rotatable bonds is 7. The summed E-state index contributed by atoms with van der Waals surface area (Å²) in [5, 5.41) is 0. The Morgan fingerprint density at radius 3 is 2.28 bits per heavy atom. The van der Waals surface area contributed by atoms with Crippen LogP contribution in [-0.4, -0.2) is 52.9 Å². The summed E-state index contributed by atoms with van der Waals surface area (Å²) in [6.07, 6.45) is -0.00428. The molecule has 29 heavy (non-hydrogen) atoms. The van der Waals surface area contributed by atoms with Gasteiger partial charge in [-0.1, -0.05) is 12.1 Å². The smallest absolute Gasteiger partial charge is 0.269 e. The molecule has 0 unspecified atom stereocenters. The van der Waals surface area contributed by atoms with Gasteiger partial charge in [0.1, 0.15) is 0 Å². The molecule has 0 saturated carbocycles. The van der Waals surface area contributed by atoms with E-state index in [2.05, 4.69) is 10.9 Å². The Morgan fingerprint density at radius 1 is 0.966 bits per heavy atom. The van der Waals surface area contributed by atoms with Gasteiger partial charge in [0.2, 0.25) is 15.9 Å². The Balaban J connectivity index is 2.01. The zero-order valence-corrected chi connectivity index (χ0v) is 17.4. The van der Waals surface area contributed by atoms with Gasteiger partial charge in [0.25, 0.3) is 5.91 Å². The predicted octanol–water partition coefficient (Wildman–Crippen LogP) is 0.958. The van der Waals surface area contributed by atoms with E-state index in [1.165, 1.54) is 52.6 Å². The van der Waals surface area contributed by atoms with Gasteiger partial charge in [-0.3, -0.25) is 20.4 Å². The van der Waals surface area contributed by atoms with Crippen LogP contribution < -0.4 is 20.3 Å². The number of hydrogen-bond acceptors (Lipinski definition) is 6. The van der Waals surface area contributed by atoms with Crippen LogP contribution in [0.2, 0.25) is 0 Å². The van der Waals surface area contributed by atoms with E-state index < -0.39 is 21.8 Å². The molecule has 2 N–H and O–H groups in total. The first kappa shape index (κ1) is 22.2. The lowest BCUT2D eigenvalue weighted by molar-refractivity contribution is -0.121. The topological polar surface area (TPSA) is 114 Å². The zero-order valence-electron chi connectivity index (χ0n) is 16.6. The lowest BCUT2D eigenvalue weighted by atomic mass is 10.1. The predicted molar refractivity (Wildman–Crippen MR) is 106 cm³/mol. The minimum atomic E-state index is -3.67. The van der Waals surface area contributed by atoms with E-state index in [9.17, 15) is 18.0 Å². The van der Waals surface area contributed by atoms with Gasteiger partial charge in [0, 0.05) is 19.7 Å². The average Bonchev–Trinajstić information content (AvgIpc) is 2.71. The molecule has 2 aromatic rings. The fraction of sp³-hybridized carbons (Fsp3) is 0.263. The minimum Gasteiger partial charge on any atom is -0.493 e. The second-order valence-electron chi connectivity index (χ2n) is 6.18. The average molecular weight is 421 g/mol. The first-order chi connectivity index (χ1) is 13.7. The fourth-order valence-corrected chi connectivity index (χ4v) is 3.38. The minimum absolute atomic E-state index is 0.00428. The van der Waals surface area contributed by atoms with Crippen LogP contribution >= 0.6 is 0 Å². The maximum atomic E-state index is 12.3. The highest BCUT2D eigenvalue weighted by Crippen LogP contribution is 2.27. The number of sulfonamides is 1. The normalized spacial score (nSPS) is 11.1. The molecule has 0 spiro atoms. The van der Waals surface area contributed by atoms with E-state index in [4.69, 9.17) is 9.47 Å². The van der Waals surface area contributed by atoms with Crippen LogP contribution in [0, 0.1) is 0 Å². The van der Waals surface area contributed by atoms with E-state index in [0.717, 1.165) is 4.31 Å². The number of amides is 2. The molecule has 0 radical (unpaired) electrons. The second kappa shape index (κ2) is 9.39. The van der Waals surface area contributed by atoms with E-state index in [1.807, 2.05) is 0 Å². The van der Waals surface area contributed by atoms with Crippen molar-refractivity contribution >= 4 is 21.8 Å². The molecule has 0 aliphatic rings. The number of nitrogens with zero attached hydrogens (tertiary/aromatic N) is 1. The summed E-state index contributed by atoms with van der Waals surface area (Å²) in [7, 11) is 2.13. The van der Waals surface area contributed by atoms with Gasteiger partial charge >= 0.3 is 0 Å². The van der Waals surface area contributed by atoms with Gasteiger partial charge in [-0.25, -0.2) is 12.7 Å². The van der Waals surface area contributed by atoms with Gasteiger partial charge in [0.05, 0.1) is 25.5 Å². The molecule has 2 aromatic carbocycles. The molecule has 0 bridgehead atoms. The Hall–Kier alpha value is -3.11. The number of ether oxygens (including phenoxy) is 2. The summed E-state index contributed by atoms with van der Waals surface area (Å²) in [5.74, 6) is -0.0672. The van der Waals surface area contributed by atoms with Crippen LogP contribution in [0.1, 0.15) is 15.9 Å². The number of hydrazine groups is 1. The molecule has 0 atom stereocenters.